The first-order valence-electron chi connectivity index (χ1n) is 22.4. The van der Waals surface area contributed by atoms with Crippen LogP contribution in [0.2, 0.25) is 0 Å². The Kier molecular flexibility index (Phi) is 18.5. The molecule has 4 heterocycles. The molecule has 0 saturated heterocycles. The third-order valence-corrected chi connectivity index (χ3v) is 11.5. The summed E-state index contributed by atoms with van der Waals surface area (Å²) in [6.45, 7) is 7.22. The number of nitrogens with zero attached hydrogens (tertiary/aromatic N) is 4. The SMILES string of the molecule is CC(CCC(C)(C)C(=O)OCCn1c2ccccc2c2ccccc21)c1ccc(COc2cccnc2C(=O)O)cc1.Fc1c[c-]c(-c2ccccn2)c(F)c1.Fc1c[c-]c(-c2ccccn2)c(F)c1.[Ir]. The Morgan fingerprint density at radius 2 is 1.21 bits per heavy atom. The van der Waals surface area contributed by atoms with E-state index in [0.717, 1.165) is 47.3 Å². The summed E-state index contributed by atoms with van der Waals surface area (Å²) in [7, 11) is 0. The number of ether oxygens (including phenoxy) is 2. The molecule has 0 saturated carbocycles. The summed E-state index contributed by atoms with van der Waals surface area (Å²) < 4.78 is 65.3. The largest absolute Gasteiger partial charge is 0.486 e. The molecular formula is C57H48F4IrN4O5-2. The van der Waals surface area contributed by atoms with Crippen molar-refractivity contribution >= 4 is 33.7 Å². The Labute approximate surface area is 422 Å². The van der Waals surface area contributed by atoms with Crippen LogP contribution in [0, 0.1) is 40.8 Å². The average Bonchev–Trinajstić information content (AvgIpc) is 3.69. The van der Waals surface area contributed by atoms with E-state index in [0.29, 0.717) is 31.0 Å². The minimum atomic E-state index is -1.12. The van der Waals surface area contributed by atoms with Crippen molar-refractivity contribution in [3.8, 4) is 28.3 Å². The Bertz CT molecular complexity index is 3050. The number of carbonyl (C=O) groups excluding carboxylic acids is 1. The number of aromatic nitrogens is 4. The normalized spacial score (nSPS) is 11.3. The molecular weight excluding hydrogens is 1090 g/mol. The number of fused-ring (bicyclic) bond motifs is 3. The van der Waals surface area contributed by atoms with Crippen LogP contribution in [0.1, 0.15) is 61.1 Å². The van der Waals surface area contributed by atoms with Crippen molar-refractivity contribution in [2.24, 2.45) is 5.41 Å². The van der Waals surface area contributed by atoms with E-state index in [1.807, 2.05) is 50.2 Å². The minimum absolute atomic E-state index is 0. The van der Waals surface area contributed by atoms with Crippen LogP contribution in [0.25, 0.3) is 44.3 Å². The van der Waals surface area contributed by atoms with Crippen LogP contribution in [0.4, 0.5) is 17.6 Å². The fourth-order valence-electron chi connectivity index (χ4n) is 7.59. The Morgan fingerprint density at radius 1 is 0.690 bits per heavy atom. The van der Waals surface area contributed by atoms with E-state index in [2.05, 4.69) is 75.0 Å². The molecule has 1 unspecified atom stereocenters. The third-order valence-electron chi connectivity index (χ3n) is 11.5. The molecule has 1 N–H and O–H groups in total. The van der Waals surface area contributed by atoms with E-state index in [1.54, 1.807) is 60.9 Å². The van der Waals surface area contributed by atoms with Crippen molar-refractivity contribution in [2.75, 3.05) is 6.61 Å². The molecule has 0 fully saturated rings. The molecule has 0 aliphatic carbocycles. The summed E-state index contributed by atoms with van der Waals surface area (Å²) in [6.07, 6.45) is 6.06. The Hall–Kier alpha value is -7.54. The summed E-state index contributed by atoms with van der Waals surface area (Å²) >= 11 is 0. The molecule has 365 valence electrons. The molecule has 1 atom stereocenters. The molecule has 9 aromatic rings. The second kappa shape index (κ2) is 24.8. The zero-order valence-corrected chi connectivity index (χ0v) is 41.3. The smallest absolute Gasteiger partial charge is 0.358 e. The number of hydrogen-bond acceptors (Lipinski definition) is 7. The van der Waals surface area contributed by atoms with Gasteiger partial charge in [0.2, 0.25) is 0 Å². The van der Waals surface area contributed by atoms with Gasteiger partial charge in [-0.1, -0.05) is 115 Å². The summed E-state index contributed by atoms with van der Waals surface area (Å²) in [4.78, 5) is 36.2. The molecule has 0 aliphatic heterocycles. The molecule has 9 rings (SSSR count). The number of esters is 1. The molecule has 0 bridgehead atoms. The van der Waals surface area contributed by atoms with Crippen LogP contribution in [-0.2, 0) is 42.8 Å². The van der Waals surface area contributed by atoms with Gasteiger partial charge in [-0.2, -0.15) is 0 Å². The monoisotopic (exact) mass is 1140 g/mol. The molecule has 4 aromatic heterocycles. The second-order valence-corrected chi connectivity index (χ2v) is 16.8. The van der Waals surface area contributed by atoms with Crippen LogP contribution in [0.3, 0.4) is 0 Å². The predicted molar refractivity (Wildman–Crippen MR) is 261 cm³/mol. The molecule has 9 nitrogen and oxygen atoms in total. The number of benzene rings is 5. The maximum atomic E-state index is 13.2. The molecule has 0 aliphatic rings. The molecule has 1 radical (unpaired) electrons. The maximum absolute atomic E-state index is 13.2. The summed E-state index contributed by atoms with van der Waals surface area (Å²) in [6, 6.07) is 47.0. The molecule has 5 aromatic carbocycles. The molecule has 71 heavy (non-hydrogen) atoms. The van der Waals surface area contributed by atoms with Gasteiger partial charge in [0.05, 0.1) is 12.0 Å². The number of carbonyl (C=O) groups is 2. The quantitative estimate of drug-likeness (QED) is 0.0650. The molecule has 14 heteroatoms. The van der Waals surface area contributed by atoms with E-state index in [1.165, 1.54) is 22.5 Å². The fraction of sp³-hybridized carbons (Fsp3) is 0.175. The van der Waals surface area contributed by atoms with Crippen molar-refractivity contribution < 1.29 is 61.8 Å². The van der Waals surface area contributed by atoms with Gasteiger partial charge in [0.1, 0.15) is 13.2 Å². The maximum Gasteiger partial charge on any atom is 0.358 e. The van der Waals surface area contributed by atoms with Crippen molar-refractivity contribution in [1.29, 1.82) is 0 Å². The zero-order chi connectivity index (χ0) is 49.6. The third kappa shape index (κ3) is 13.8. The van der Waals surface area contributed by atoms with Crippen LogP contribution >= 0.6 is 0 Å². The van der Waals surface area contributed by atoms with Gasteiger partial charge in [-0.15, -0.1) is 24.3 Å². The number of halogens is 4. The molecule has 0 spiro atoms. The van der Waals surface area contributed by atoms with Gasteiger partial charge in [0, 0.05) is 83.8 Å². The van der Waals surface area contributed by atoms with Gasteiger partial charge in [-0.25, -0.2) is 9.78 Å². The number of pyridine rings is 3. The Balaban J connectivity index is 0.000000229. The van der Waals surface area contributed by atoms with Gasteiger partial charge >= 0.3 is 11.9 Å². The van der Waals surface area contributed by atoms with Crippen LogP contribution in [0.5, 0.6) is 5.75 Å². The standard InChI is InChI=1S/C35H36N2O5.2C11H6F2N.Ir/c1-24(26-16-14-25(15-17-26)23-42-31-13-8-20-36-32(31)33(38)39)18-19-35(2,3)34(40)41-22-21-37-29-11-6-4-9-27(29)28-10-5-7-12-30(28)37;2*12-8-4-5-9(10(13)7-8)11-3-1-2-6-14-11;/h4-17,20,24H,18-19,21-23H2,1-3H3,(H,38,39);2*1-4,6-7H;/q;2*-1;. The van der Waals surface area contributed by atoms with Crippen LogP contribution < -0.4 is 4.74 Å². The summed E-state index contributed by atoms with van der Waals surface area (Å²) in [5.41, 5.74) is 4.95. The van der Waals surface area contributed by atoms with Crippen molar-refractivity contribution in [2.45, 2.75) is 52.7 Å². The van der Waals surface area contributed by atoms with Gasteiger partial charge in [-0.3, -0.25) is 22.4 Å². The van der Waals surface area contributed by atoms with Gasteiger partial charge < -0.3 is 29.1 Å². The zero-order valence-electron chi connectivity index (χ0n) is 38.9. The first-order valence-corrected chi connectivity index (χ1v) is 22.4. The number of carboxylic acid groups (broad SMARTS) is 1. The van der Waals surface area contributed by atoms with Gasteiger partial charge in [0.15, 0.2) is 11.4 Å². The number of hydrogen-bond donors (Lipinski definition) is 1. The van der Waals surface area contributed by atoms with E-state index in [9.17, 15) is 32.3 Å². The van der Waals surface area contributed by atoms with Gasteiger partial charge in [0.25, 0.3) is 0 Å². The number of carboxylic acids is 1. The summed E-state index contributed by atoms with van der Waals surface area (Å²) in [5, 5.41) is 11.7. The number of aromatic carboxylic acids is 1. The first-order chi connectivity index (χ1) is 33.8. The number of rotatable bonds is 14. The Morgan fingerprint density at radius 3 is 1.72 bits per heavy atom. The predicted octanol–water partition coefficient (Wildman–Crippen LogP) is 13.3. The summed E-state index contributed by atoms with van der Waals surface area (Å²) in [5.74, 6) is -3.38. The topological polar surface area (TPSA) is 116 Å². The van der Waals surface area contributed by atoms with Crippen molar-refractivity contribution in [1.82, 2.24) is 19.5 Å². The van der Waals surface area contributed by atoms with E-state index in [4.69, 9.17) is 9.47 Å². The van der Waals surface area contributed by atoms with E-state index in [-0.39, 0.29) is 61.2 Å². The fourth-order valence-corrected chi connectivity index (χ4v) is 7.59. The second-order valence-electron chi connectivity index (χ2n) is 16.8. The average molecular weight is 1140 g/mol. The van der Waals surface area contributed by atoms with Crippen LogP contribution in [0.15, 0.2) is 164 Å². The minimum Gasteiger partial charge on any atom is -0.486 e. The van der Waals surface area contributed by atoms with Crippen molar-refractivity contribution in [3.05, 3.63) is 216 Å². The number of para-hydroxylation sites is 2. The van der Waals surface area contributed by atoms with E-state index < -0.39 is 34.7 Å². The molecule has 0 amide bonds. The van der Waals surface area contributed by atoms with E-state index >= 15 is 0 Å². The first kappa shape index (κ1) is 52.8. The van der Waals surface area contributed by atoms with Crippen molar-refractivity contribution in [3.63, 3.8) is 0 Å². The van der Waals surface area contributed by atoms with Crippen LogP contribution in [-0.4, -0.2) is 43.2 Å². The van der Waals surface area contributed by atoms with Gasteiger partial charge in [-0.05, 0) is 91.5 Å².